The van der Waals surface area contributed by atoms with Gasteiger partial charge in [-0.25, -0.2) is 13.2 Å². The summed E-state index contributed by atoms with van der Waals surface area (Å²) in [6, 6.07) is 19.3. The van der Waals surface area contributed by atoms with Crippen LogP contribution in [0.1, 0.15) is 22.3 Å². The number of amides is 1. The van der Waals surface area contributed by atoms with Crippen molar-refractivity contribution in [1.82, 2.24) is 4.90 Å². The maximum atomic E-state index is 13.1. The van der Waals surface area contributed by atoms with Gasteiger partial charge in [0.2, 0.25) is 0 Å². The number of rotatable bonds is 7. The first kappa shape index (κ1) is 21.8. The second kappa shape index (κ2) is 9.00. The molecule has 0 spiro atoms. The Morgan fingerprint density at radius 1 is 1.00 bits per heavy atom. The largest absolute Gasteiger partial charge is 0.483 e. The van der Waals surface area contributed by atoms with Crippen LogP contribution < -0.4 is 4.74 Å². The van der Waals surface area contributed by atoms with E-state index in [-0.39, 0.29) is 41.9 Å². The molecule has 1 atom stereocenters. The van der Waals surface area contributed by atoms with E-state index in [9.17, 15) is 23.1 Å². The van der Waals surface area contributed by atoms with Crippen molar-refractivity contribution < 1.29 is 27.9 Å². The lowest BCUT2D eigenvalue weighted by Crippen LogP contribution is -2.43. The molecule has 0 unspecified atom stereocenters. The summed E-state index contributed by atoms with van der Waals surface area (Å²) in [4.78, 5) is 26.4. The van der Waals surface area contributed by atoms with Gasteiger partial charge in [-0.05, 0) is 34.9 Å². The number of fused-ring (bicyclic) bond motifs is 1. The smallest absolute Gasteiger partial charge is 0.339 e. The van der Waals surface area contributed by atoms with Gasteiger partial charge in [0, 0.05) is 12.6 Å². The third-order valence-corrected chi connectivity index (χ3v) is 7.35. The molecule has 1 heterocycles. The Morgan fingerprint density at radius 3 is 2.28 bits per heavy atom. The van der Waals surface area contributed by atoms with E-state index in [1.54, 1.807) is 12.1 Å². The molecular weight excluding hydrogens is 430 g/mol. The summed E-state index contributed by atoms with van der Waals surface area (Å²) < 4.78 is 29.7. The Kier molecular flexibility index (Phi) is 6.14. The number of carbonyl (C=O) groups excluding carboxylic acids is 1. The molecule has 8 heteroatoms. The molecule has 166 valence electrons. The van der Waals surface area contributed by atoms with Crippen LogP contribution in [0.3, 0.4) is 0 Å². The van der Waals surface area contributed by atoms with Gasteiger partial charge in [-0.15, -0.1) is 0 Å². The molecule has 3 aromatic carbocycles. The van der Waals surface area contributed by atoms with Gasteiger partial charge >= 0.3 is 5.97 Å². The van der Waals surface area contributed by atoms with Crippen molar-refractivity contribution in [3.05, 3.63) is 77.9 Å². The molecule has 3 aromatic rings. The second-order valence-electron chi connectivity index (χ2n) is 7.85. The monoisotopic (exact) mass is 453 g/mol. The van der Waals surface area contributed by atoms with Gasteiger partial charge in [-0.2, -0.15) is 0 Å². The van der Waals surface area contributed by atoms with Crippen LogP contribution in [0.25, 0.3) is 10.8 Å². The molecule has 0 aromatic heterocycles. The summed E-state index contributed by atoms with van der Waals surface area (Å²) in [5.41, 5.74) is 0.844. The quantitative estimate of drug-likeness (QED) is 0.590. The van der Waals surface area contributed by atoms with E-state index in [0.29, 0.717) is 6.42 Å². The Bertz CT molecular complexity index is 1260. The summed E-state index contributed by atoms with van der Waals surface area (Å²) in [5.74, 6) is -1.47. The molecule has 0 bridgehead atoms. The summed E-state index contributed by atoms with van der Waals surface area (Å²) in [7, 11) is -3.19. The normalized spacial score (nSPS) is 17.2. The minimum absolute atomic E-state index is 0.0328. The van der Waals surface area contributed by atoms with Gasteiger partial charge in [-0.1, -0.05) is 54.6 Å². The number of carbonyl (C=O) groups is 2. The van der Waals surface area contributed by atoms with Crippen molar-refractivity contribution >= 4 is 32.5 Å². The van der Waals surface area contributed by atoms with Crippen LogP contribution in [0.4, 0.5) is 0 Å². The molecule has 1 fully saturated rings. The number of sulfone groups is 1. The lowest BCUT2D eigenvalue weighted by Gasteiger charge is -2.28. The van der Waals surface area contributed by atoms with Gasteiger partial charge < -0.3 is 14.7 Å². The molecular formula is C24H23NO6S. The topological polar surface area (TPSA) is 101 Å². The van der Waals surface area contributed by atoms with Crippen LogP contribution in [0, 0.1) is 0 Å². The molecule has 7 nitrogen and oxygen atoms in total. The Hall–Kier alpha value is -3.39. The van der Waals surface area contributed by atoms with Gasteiger partial charge in [0.1, 0.15) is 11.3 Å². The highest BCUT2D eigenvalue weighted by molar-refractivity contribution is 7.91. The van der Waals surface area contributed by atoms with Crippen molar-refractivity contribution in [2.45, 2.75) is 19.0 Å². The van der Waals surface area contributed by atoms with Crippen molar-refractivity contribution in [1.29, 1.82) is 0 Å². The van der Waals surface area contributed by atoms with E-state index in [2.05, 4.69) is 0 Å². The molecule has 1 N–H and O–H groups in total. The zero-order valence-electron chi connectivity index (χ0n) is 17.3. The van der Waals surface area contributed by atoms with Gasteiger partial charge in [0.05, 0.1) is 11.5 Å². The molecule has 1 amide bonds. The van der Waals surface area contributed by atoms with Crippen LogP contribution in [0.15, 0.2) is 66.7 Å². The number of aromatic carboxylic acids is 1. The zero-order chi connectivity index (χ0) is 22.7. The molecule has 32 heavy (non-hydrogen) atoms. The molecule has 0 radical (unpaired) electrons. The highest BCUT2D eigenvalue weighted by atomic mass is 32.2. The zero-order valence-corrected chi connectivity index (χ0v) is 18.1. The number of nitrogens with zero attached hydrogens (tertiary/aromatic N) is 1. The standard InChI is InChI=1S/C24H23NO6S/c26-23(15-31-22-13-19-9-5-4-8-18(19)12-21(22)24(27)28)25(14-17-6-2-1-3-7-17)20-10-11-32(29,30)16-20/h1-9,12-13,20H,10-11,14-16H2,(H,27,28)/t20-/m1/s1. The number of carboxylic acids is 1. The summed E-state index contributed by atoms with van der Waals surface area (Å²) in [6.45, 7) is -0.130. The van der Waals surface area contributed by atoms with E-state index in [0.717, 1.165) is 16.3 Å². The van der Waals surface area contributed by atoms with E-state index in [1.165, 1.54) is 11.0 Å². The van der Waals surface area contributed by atoms with E-state index in [1.807, 2.05) is 48.5 Å². The Labute approximate surface area is 186 Å². The Balaban J connectivity index is 1.57. The van der Waals surface area contributed by atoms with Crippen LogP contribution >= 0.6 is 0 Å². The number of hydrogen-bond donors (Lipinski definition) is 1. The maximum Gasteiger partial charge on any atom is 0.339 e. The number of hydrogen-bond acceptors (Lipinski definition) is 5. The second-order valence-corrected chi connectivity index (χ2v) is 10.1. The fraction of sp³-hybridized carbons (Fsp3) is 0.250. The first-order valence-electron chi connectivity index (χ1n) is 10.2. The molecule has 4 rings (SSSR count). The number of benzene rings is 3. The van der Waals surface area contributed by atoms with Gasteiger partial charge in [0.15, 0.2) is 16.4 Å². The Morgan fingerprint density at radius 2 is 1.66 bits per heavy atom. The lowest BCUT2D eigenvalue weighted by atomic mass is 10.1. The molecule has 0 aliphatic carbocycles. The molecule has 0 saturated carbocycles. The maximum absolute atomic E-state index is 13.1. The highest BCUT2D eigenvalue weighted by Gasteiger charge is 2.35. The summed E-state index contributed by atoms with van der Waals surface area (Å²) >= 11 is 0. The molecule has 1 saturated heterocycles. The SMILES string of the molecule is O=C(O)c1cc2ccccc2cc1OCC(=O)N(Cc1ccccc1)[C@@H]1CCS(=O)(=O)C1. The summed E-state index contributed by atoms with van der Waals surface area (Å²) in [5, 5.41) is 11.1. The van der Waals surface area contributed by atoms with Gasteiger partial charge in [-0.3, -0.25) is 4.79 Å². The predicted molar refractivity (Wildman–Crippen MR) is 120 cm³/mol. The summed E-state index contributed by atoms with van der Waals surface area (Å²) in [6.07, 6.45) is 0.372. The van der Waals surface area contributed by atoms with Crippen LogP contribution in [-0.4, -0.2) is 54.5 Å². The van der Waals surface area contributed by atoms with E-state index >= 15 is 0 Å². The van der Waals surface area contributed by atoms with Crippen LogP contribution in [0.5, 0.6) is 5.75 Å². The minimum atomic E-state index is -3.19. The molecule has 1 aliphatic rings. The van der Waals surface area contributed by atoms with E-state index in [4.69, 9.17) is 4.74 Å². The fourth-order valence-corrected chi connectivity index (χ4v) is 5.68. The van der Waals surface area contributed by atoms with Crippen molar-refractivity contribution in [2.24, 2.45) is 0 Å². The average molecular weight is 454 g/mol. The van der Waals surface area contributed by atoms with Crippen molar-refractivity contribution in [3.8, 4) is 5.75 Å². The third-order valence-electron chi connectivity index (χ3n) is 5.59. The van der Waals surface area contributed by atoms with Crippen molar-refractivity contribution in [2.75, 3.05) is 18.1 Å². The molecule has 1 aliphatic heterocycles. The third kappa shape index (κ3) is 4.91. The average Bonchev–Trinajstić information content (AvgIpc) is 3.15. The lowest BCUT2D eigenvalue weighted by molar-refractivity contribution is -0.136. The number of carboxylic acid groups (broad SMARTS) is 1. The minimum Gasteiger partial charge on any atom is -0.483 e. The number of ether oxygens (including phenoxy) is 1. The van der Waals surface area contributed by atoms with Gasteiger partial charge in [0.25, 0.3) is 5.91 Å². The van der Waals surface area contributed by atoms with Crippen LogP contribution in [0.2, 0.25) is 0 Å². The van der Waals surface area contributed by atoms with Crippen molar-refractivity contribution in [3.63, 3.8) is 0 Å². The fourth-order valence-electron chi connectivity index (χ4n) is 3.95. The highest BCUT2D eigenvalue weighted by Crippen LogP contribution is 2.27. The van der Waals surface area contributed by atoms with Crippen LogP contribution in [-0.2, 0) is 21.2 Å². The van der Waals surface area contributed by atoms with E-state index < -0.39 is 21.8 Å². The predicted octanol–water partition coefficient (Wildman–Crippen LogP) is 3.13. The first-order valence-corrected chi connectivity index (χ1v) is 12.1. The first-order chi connectivity index (χ1) is 15.3.